The quantitative estimate of drug-likeness (QED) is 0.698. The van der Waals surface area contributed by atoms with Crippen LogP contribution in [0.4, 0.5) is 10.1 Å². The van der Waals surface area contributed by atoms with E-state index in [4.69, 9.17) is 5.73 Å². The van der Waals surface area contributed by atoms with E-state index < -0.39 is 17.8 Å². The van der Waals surface area contributed by atoms with E-state index in [0.717, 1.165) is 43.5 Å². The summed E-state index contributed by atoms with van der Waals surface area (Å²) in [7, 11) is 0. The number of fused-ring (bicyclic) bond motifs is 1. The molecule has 4 N–H and O–H groups in total. The summed E-state index contributed by atoms with van der Waals surface area (Å²) in [5.74, 6) is -1.76. The van der Waals surface area contributed by atoms with Crippen molar-refractivity contribution in [3.05, 3.63) is 40.5 Å². The maximum absolute atomic E-state index is 15.1. The number of aryl methyl sites for hydroxylation is 1. The number of nitrogens with one attached hydrogen (secondary N) is 2. The Hall–Kier alpha value is -2.90. The first-order valence-electron chi connectivity index (χ1n) is 10.9. The van der Waals surface area contributed by atoms with Crippen LogP contribution in [0.5, 0.6) is 0 Å². The Morgan fingerprint density at radius 1 is 1.35 bits per heavy atom. The molecule has 1 atom stereocenters. The number of amides is 2. The number of carbonyl (C=O) groups excluding carboxylic acids is 2. The molecule has 4 rings (SSSR count). The van der Waals surface area contributed by atoms with Crippen molar-refractivity contribution in [3.63, 3.8) is 0 Å². The molecule has 0 radical (unpaired) electrons. The minimum absolute atomic E-state index is 0.127. The molecule has 0 spiro atoms. The summed E-state index contributed by atoms with van der Waals surface area (Å²) in [5.41, 5.74) is 9.32. The summed E-state index contributed by atoms with van der Waals surface area (Å²) in [4.78, 5) is 24.4. The average molecular weight is 428 g/mol. The van der Waals surface area contributed by atoms with E-state index in [-0.39, 0.29) is 22.6 Å². The summed E-state index contributed by atoms with van der Waals surface area (Å²) in [5, 5.41) is 10.6. The molecular weight excluding hydrogens is 397 g/mol. The van der Waals surface area contributed by atoms with Gasteiger partial charge in [-0.1, -0.05) is 13.8 Å². The average Bonchev–Trinajstić information content (AvgIpc) is 2.85. The summed E-state index contributed by atoms with van der Waals surface area (Å²) < 4.78 is 16.9. The van der Waals surface area contributed by atoms with E-state index in [2.05, 4.69) is 29.6 Å². The molecule has 2 aliphatic rings. The Kier molecular flexibility index (Phi) is 5.49. The van der Waals surface area contributed by atoms with Gasteiger partial charge < -0.3 is 16.4 Å². The number of halogens is 1. The fourth-order valence-electron chi connectivity index (χ4n) is 4.68. The van der Waals surface area contributed by atoms with Gasteiger partial charge in [0.25, 0.3) is 5.91 Å². The van der Waals surface area contributed by atoms with Gasteiger partial charge in [0.15, 0.2) is 0 Å². The van der Waals surface area contributed by atoms with Gasteiger partial charge in [-0.15, -0.1) is 0 Å². The maximum atomic E-state index is 15.1. The molecule has 166 valence electrons. The smallest absolute Gasteiger partial charge is 0.253 e. The molecule has 31 heavy (non-hydrogen) atoms. The second-order valence-corrected chi connectivity index (χ2v) is 9.46. The van der Waals surface area contributed by atoms with E-state index in [1.165, 1.54) is 11.6 Å². The highest BCUT2D eigenvalue weighted by molar-refractivity contribution is 6.00. The second-order valence-electron chi connectivity index (χ2n) is 9.46. The third-order valence-corrected chi connectivity index (χ3v) is 6.42. The van der Waals surface area contributed by atoms with Crippen LogP contribution in [0.3, 0.4) is 0 Å². The van der Waals surface area contributed by atoms with Gasteiger partial charge in [0.05, 0.1) is 22.6 Å². The minimum Gasteiger partial charge on any atom is -0.373 e. The summed E-state index contributed by atoms with van der Waals surface area (Å²) in [6.07, 6.45) is 5.17. The van der Waals surface area contributed by atoms with Crippen LogP contribution in [-0.2, 0) is 17.6 Å². The zero-order chi connectivity index (χ0) is 22.3. The molecule has 0 saturated carbocycles. The van der Waals surface area contributed by atoms with Gasteiger partial charge in [0.1, 0.15) is 11.9 Å². The van der Waals surface area contributed by atoms with Crippen molar-refractivity contribution >= 4 is 17.5 Å². The van der Waals surface area contributed by atoms with Gasteiger partial charge in [-0.05, 0) is 62.5 Å². The first-order chi connectivity index (χ1) is 14.7. The Morgan fingerprint density at radius 3 is 2.87 bits per heavy atom. The number of hydrogen-bond donors (Lipinski definition) is 3. The van der Waals surface area contributed by atoms with Crippen LogP contribution < -0.4 is 16.4 Å². The van der Waals surface area contributed by atoms with E-state index in [1.54, 1.807) is 10.7 Å². The van der Waals surface area contributed by atoms with Crippen LogP contribution in [0.15, 0.2) is 12.1 Å². The molecule has 1 aromatic carbocycles. The lowest BCUT2D eigenvalue weighted by molar-refractivity contribution is -0.121. The number of aromatic nitrogens is 2. The largest absolute Gasteiger partial charge is 0.373 e. The van der Waals surface area contributed by atoms with E-state index in [1.807, 2.05) is 6.92 Å². The molecule has 2 aromatic rings. The molecule has 0 bridgehead atoms. The highest BCUT2D eigenvalue weighted by Gasteiger charge is 2.31. The molecule has 1 unspecified atom stereocenters. The molecule has 2 amide bonds. The van der Waals surface area contributed by atoms with Crippen molar-refractivity contribution in [2.45, 2.75) is 65.3 Å². The molecule has 2 heterocycles. The first-order valence-corrected chi connectivity index (χ1v) is 10.9. The molecular formula is C23H30FN5O2. The zero-order valence-electron chi connectivity index (χ0n) is 18.3. The molecule has 7 nitrogen and oxygen atoms in total. The molecule has 1 aliphatic carbocycles. The van der Waals surface area contributed by atoms with Crippen molar-refractivity contribution in [2.75, 3.05) is 11.9 Å². The number of carbonyl (C=O) groups is 2. The fourth-order valence-corrected chi connectivity index (χ4v) is 4.68. The van der Waals surface area contributed by atoms with Crippen LogP contribution in [0, 0.1) is 18.2 Å². The van der Waals surface area contributed by atoms with Gasteiger partial charge in [-0.3, -0.25) is 9.59 Å². The normalized spacial score (nSPS) is 20.5. The van der Waals surface area contributed by atoms with Crippen LogP contribution in [0.1, 0.15) is 66.8 Å². The van der Waals surface area contributed by atoms with Crippen LogP contribution in [-0.4, -0.2) is 34.2 Å². The van der Waals surface area contributed by atoms with Crippen LogP contribution >= 0.6 is 0 Å². The predicted molar refractivity (Wildman–Crippen MR) is 117 cm³/mol. The summed E-state index contributed by atoms with van der Waals surface area (Å²) in [6, 6.07) is 2.42. The fraction of sp³-hybridized carbons (Fsp3) is 0.522. The van der Waals surface area contributed by atoms with Crippen molar-refractivity contribution in [2.24, 2.45) is 11.1 Å². The predicted octanol–water partition coefficient (Wildman–Crippen LogP) is 3.01. The number of anilines is 1. The Bertz CT molecular complexity index is 1040. The Balaban J connectivity index is 1.79. The topological polar surface area (TPSA) is 102 Å². The SMILES string of the molecule is Cc1nn(-c2cc(F)c(C(N)=O)c(NC3CCCCNC3=O)c2)c2c1CCC(C)(C)C2. The van der Waals surface area contributed by atoms with Gasteiger partial charge in [-0.25, -0.2) is 9.07 Å². The Labute approximate surface area is 181 Å². The lowest BCUT2D eigenvalue weighted by Crippen LogP contribution is -2.38. The number of rotatable bonds is 4. The number of hydrogen-bond acceptors (Lipinski definition) is 4. The molecule has 8 heteroatoms. The van der Waals surface area contributed by atoms with Crippen LogP contribution in [0.2, 0.25) is 0 Å². The number of nitrogens with zero attached hydrogens (tertiary/aromatic N) is 2. The highest BCUT2D eigenvalue weighted by atomic mass is 19.1. The lowest BCUT2D eigenvalue weighted by atomic mass is 9.76. The monoisotopic (exact) mass is 427 g/mol. The third kappa shape index (κ3) is 4.16. The molecule has 1 saturated heterocycles. The summed E-state index contributed by atoms with van der Waals surface area (Å²) >= 11 is 0. The highest BCUT2D eigenvalue weighted by Crippen LogP contribution is 2.37. The van der Waals surface area contributed by atoms with Gasteiger partial charge in [-0.2, -0.15) is 5.10 Å². The number of nitrogens with two attached hydrogens (primary N) is 1. The molecule has 1 aromatic heterocycles. The summed E-state index contributed by atoms with van der Waals surface area (Å²) in [6.45, 7) is 7.02. The maximum Gasteiger partial charge on any atom is 0.253 e. The van der Waals surface area contributed by atoms with Crippen LogP contribution in [0.25, 0.3) is 5.69 Å². The van der Waals surface area contributed by atoms with Crippen molar-refractivity contribution in [1.29, 1.82) is 0 Å². The third-order valence-electron chi connectivity index (χ3n) is 6.42. The lowest BCUT2D eigenvalue weighted by Gasteiger charge is -2.30. The number of benzene rings is 1. The first kappa shape index (κ1) is 21.3. The minimum atomic E-state index is -0.875. The molecule has 1 aliphatic heterocycles. The molecule has 1 fully saturated rings. The second kappa shape index (κ2) is 7.98. The van der Waals surface area contributed by atoms with E-state index in [0.29, 0.717) is 18.7 Å². The number of primary amides is 1. The Morgan fingerprint density at radius 2 is 2.13 bits per heavy atom. The zero-order valence-corrected chi connectivity index (χ0v) is 18.3. The van der Waals surface area contributed by atoms with E-state index >= 15 is 4.39 Å². The van der Waals surface area contributed by atoms with Crippen molar-refractivity contribution in [1.82, 2.24) is 15.1 Å². The van der Waals surface area contributed by atoms with Gasteiger partial charge in [0, 0.05) is 18.3 Å². The van der Waals surface area contributed by atoms with Gasteiger partial charge in [0.2, 0.25) is 5.91 Å². The van der Waals surface area contributed by atoms with E-state index in [9.17, 15) is 9.59 Å². The van der Waals surface area contributed by atoms with Gasteiger partial charge >= 0.3 is 0 Å². The standard InChI is InChI=1S/C23H30FN5O2/c1-13-15-7-8-23(2,3)12-19(15)29(28-13)14-10-16(24)20(21(25)30)18(11-14)27-17-6-4-5-9-26-22(17)31/h10-11,17,27H,4-9,12H2,1-3H3,(H2,25,30)(H,26,31). The van der Waals surface area contributed by atoms with Crippen molar-refractivity contribution < 1.29 is 14.0 Å². The van der Waals surface area contributed by atoms with Crippen molar-refractivity contribution in [3.8, 4) is 5.69 Å².